The van der Waals surface area contributed by atoms with Gasteiger partial charge in [-0.05, 0) is 53.9 Å². The van der Waals surface area contributed by atoms with Crippen LogP contribution in [0.2, 0.25) is 0 Å². The second-order valence-corrected chi connectivity index (χ2v) is 5.69. The number of benzene rings is 3. The SMILES string of the molecule is Cc1cc(Nc2ccc(-c3ccccc3C#N)cc2)c(C=N)cc1F. The monoisotopic (exact) mass is 329 g/mol. The predicted molar refractivity (Wildman–Crippen MR) is 98.9 cm³/mol. The van der Waals surface area contributed by atoms with Crippen LogP contribution in [-0.2, 0) is 0 Å². The molecule has 0 aliphatic heterocycles. The molecule has 0 radical (unpaired) electrons. The fourth-order valence-electron chi connectivity index (χ4n) is 2.65. The Balaban J connectivity index is 1.91. The molecule has 0 spiro atoms. The minimum Gasteiger partial charge on any atom is -0.355 e. The van der Waals surface area contributed by atoms with Gasteiger partial charge in [0.25, 0.3) is 0 Å². The third kappa shape index (κ3) is 3.41. The van der Waals surface area contributed by atoms with Gasteiger partial charge in [-0.25, -0.2) is 4.39 Å². The normalized spacial score (nSPS) is 10.1. The van der Waals surface area contributed by atoms with E-state index in [1.807, 2.05) is 42.5 Å². The average Bonchev–Trinajstić information content (AvgIpc) is 2.65. The zero-order chi connectivity index (χ0) is 17.8. The Bertz CT molecular complexity index is 969. The molecule has 0 unspecified atom stereocenters. The maximum atomic E-state index is 13.6. The van der Waals surface area contributed by atoms with Gasteiger partial charge in [0.15, 0.2) is 0 Å². The molecule has 0 saturated heterocycles. The summed E-state index contributed by atoms with van der Waals surface area (Å²) in [5.74, 6) is -0.326. The maximum absolute atomic E-state index is 13.6. The Kier molecular flexibility index (Phi) is 4.58. The largest absolute Gasteiger partial charge is 0.355 e. The van der Waals surface area contributed by atoms with Crippen LogP contribution in [0, 0.1) is 29.5 Å². The highest BCUT2D eigenvalue weighted by molar-refractivity contribution is 5.88. The second-order valence-electron chi connectivity index (χ2n) is 5.69. The molecule has 3 rings (SSSR count). The zero-order valence-corrected chi connectivity index (χ0v) is 13.7. The van der Waals surface area contributed by atoms with Crippen molar-refractivity contribution in [3.63, 3.8) is 0 Å². The van der Waals surface area contributed by atoms with Crippen molar-refractivity contribution in [2.75, 3.05) is 5.32 Å². The van der Waals surface area contributed by atoms with Crippen molar-refractivity contribution >= 4 is 17.6 Å². The van der Waals surface area contributed by atoms with E-state index in [9.17, 15) is 9.65 Å². The topological polar surface area (TPSA) is 59.7 Å². The van der Waals surface area contributed by atoms with Crippen LogP contribution in [0.5, 0.6) is 0 Å². The van der Waals surface area contributed by atoms with Gasteiger partial charge in [-0.15, -0.1) is 0 Å². The maximum Gasteiger partial charge on any atom is 0.126 e. The van der Waals surface area contributed by atoms with E-state index < -0.39 is 0 Å². The summed E-state index contributed by atoms with van der Waals surface area (Å²) >= 11 is 0. The Morgan fingerprint density at radius 2 is 1.80 bits per heavy atom. The molecule has 3 aromatic rings. The van der Waals surface area contributed by atoms with E-state index in [2.05, 4.69) is 11.4 Å². The zero-order valence-electron chi connectivity index (χ0n) is 13.7. The smallest absolute Gasteiger partial charge is 0.126 e. The summed E-state index contributed by atoms with van der Waals surface area (Å²) in [4.78, 5) is 0. The molecule has 3 aromatic carbocycles. The summed E-state index contributed by atoms with van der Waals surface area (Å²) in [5, 5.41) is 19.9. The quantitative estimate of drug-likeness (QED) is 0.628. The van der Waals surface area contributed by atoms with Crippen molar-refractivity contribution in [3.8, 4) is 17.2 Å². The number of hydrogen-bond donors (Lipinski definition) is 2. The summed E-state index contributed by atoms with van der Waals surface area (Å²) < 4.78 is 13.6. The van der Waals surface area contributed by atoms with Crippen LogP contribution in [0.25, 0.3) is 11.1 Å². The molecule has 0 saturated carbocycles. The summed E-state index contributed by atoms with van der Waals surface area (Å²) in [7, 11) is 0. The predicted octanol–water partition coefficient (Wildman–Crippen LogP) is 5.41. The standard InChI is InChI=1S/C21H16FN3/c1-14-10-21(17(13-24)11-20(14)22)25-18-8-6-15(7-9-18)19-5-3-2-4-16(19)12-23/h2-11,13,24-25H,1H3. The second kappa shape index (κ2) is 6.98. The lowest BCUT2D eigenvalue weighted by molar-refractivity contribution is 0.618. The van der Waals surface area contributed by atoms with E-state index in [4.69, 9.17) is 5.41 Å². The van der Waals surface area contributed by atoms with E-state index in [1.165, 1.54) is 6.07 Å². The number of anilines is 2. The summed E-state index contributed by atoms with van der Waals surface area (Å²) in [6.45, 7) is 1.69. The lowest BCUT2D eigenvalue weighted by Crippen LogP contribution is -1.98. The van der Waals surface area contributed by atoms with Crippen LogP contribution in [0.1, 0.15) is 16.7 Å². The van der Waals surface area contributed by atoms with Crippen LogP contribution in [0.15, 0.2) is 60.7 Å². The molecular weight excluding hydrogens is 313 g/mol. The number of nitrogens with zero attached hydrogens (tertiary/aromatic N) is 1. The molecular formula is C21H16FN3. The molecule has 0 aliphatic rings. The van der Waals surface area contributed by atoms with Gasteiger partial charge in [-0.2, -0.15) is 5.26 Å². The highest BCUT2D eigenvalue weighted by atomic mass is 19.1. The fourth-order valence-corrected chi connectivity index (χ4v) is 2.65. The van der Waals surface area contributed by atoms with Crippen LogP contribution >= 0.6 is 0 Å². The molecule has 2 N–H and O–H groups in total. The van der Waals surface area contributed by atoms with Crippen LogP contribution in [-0.4, -0.2) is 6.21 Å². The number of halogens is 1. The molecule has 0 bridgehead atoms. The van der Waals surface area contributed by atoms with Crippen molar-refractivity contribution in [2.45, 2.75) is 6.92 Å². The molecule has 122 valence electrons. The van der Waals surface area contributed by atoms with Gasteiger partial charge in [0.2, 0.25) is 0 Å². The first-order valence-corrected chi connectivity index (χ1v) is 7.79. The van der Waals surface area contributed by atoms with E-state index >= 15 is 0 Å². The Morgan fingerprint density at radius 3 is 2.48 bits per heavy atom. The number of hydrogen-bond acceptors (Lipinski definition) is 3. The number of nitrogens with one attached hydrogen (secondary N) is 2. The van der Waals surface area contributed by atoms with Gasteiger partial charge < -0.3 is 10.7 Å². The molecule has 0 fully saturated rings. The molecule has 4 heteroatoms. The van der Waals surface area contributed by atoms with Gasteiger partial charge in [0, 0.05) is 23.2 Å². The third-order valence-electron chi connectivity index (χ3n) is 4.01. The van der Waals surface area contributed by atoms with Gasteiger partial charge in [-0.1, -0.05) is 30.3 Å². The number of aryl methyl sites for hydroxylation is 1. The molecule has 0 atom stereocenters. The summed E-state index contributed by atoms with van der Waals surface area (Å²) in [6, 6.07) is 20.3. The summed E-state index contributed by atoms with van der Waals surface area (Å²) in [5.41, 5.74) is 4.98. The fraction of sp³-hybridized carbons (Fsp3) is 0.0476. The highest BCUT2D eigenvalue weighted by Gasteiger charge is 2.07. The van der Waals surface area contributed by atoms with Crippen molar-refractivity contribution < 1.29 is 4.39 Å². The van der Waals surface area contributed by atoms with E-state index in [-0.39, 0.29) is 5.82 Å². The average molecular weight is 329 g/mol. The van der Waals surface area contributed by atoms with Crippen molar-refractivity contribution in [1.82, 2.24) is 0 Å². The van der Waals surface area contributed by atoms with Crippen LogP contribution in [0.3, 0.4) is 0 Å². The Hall–Kier alpha value is -3.45. The molecule has 25 heavy (non-hydrogen) atoms. The van der Waals surface area contributed by atoms with Crippen molar-refractivity contribution in [3.05, 3.63) is 83.2 Å². The third-order valence-corrected chi connectivity index (χ3v) is 4.01. The number of rotatable bonds is 4. The lowest BCUT2D eigenvalue weighted by Gasteiger charge is -2.12. The number of nitriles is 1. The van der Waals surface area contributed by atoms with Crippen LogP contribution < -0.4 is 5.32 Å². The van der Waals surface area contributed by atoms with Gasteiger partial charge >= 0.3 is 0 Å². The van der Waals surface area contributed by atoms with Crippen LogP contribution in [0.4, 0.5) is 15.8 Å². The van der Waals surface area contributed by atoms with Crippen molar-refractivity contribution in [1.29, 1.82) is 10.7 Å². The van der Waals surface area contributed by atoms with Gasteiger partial charge in [0.05, 0.1) is 11.6 Å². The minimum absolute atomic E-state index is 0.326. The Morgan fingerprint density at radius 1 is 1.08 bits per heavy atom. The molecule has 0 heterocycles. The first-order chi connectivity index (χ1) is 12.1. The molecule has 3 nitrogen and oxygen atoms in total. The lowest BCUT2D eigenvalue weighted by atomic mass is 10.0. The van der Waals surface area contributed by atoms with Gasteiger partial charge in [-0.3, -0.25) is 0 Å². The minimum atomic E-state index is -0.326. The molecule has 0 amide bonds. The first-order valence-electron chi connectivity index (χ1n) is 7.79. The van der Waals surface area contributed by atoms with E-state index in [0.29, 0.717) is 22.4 Å². The molecule has 0 aliphatic carbocycles. The Labute approximate surface area is 145 Å². The molecule has 0 aromatic heterocycles. The van der Waals surface area contributed by atoms with E-state index in [1.54, 1.807) is 19.1 Å². The highest BCUT2D eigenvalue weighted by Crippen LogP contribution is 2.27. The first kappa shape index (κ1) is 16.4. The summed E-state index contributed by atoms with van der Waals surface area (Å²) in [6.07, 6.45) is 1.13. The van der Waals surface area contributed by atoms with E-state index in [0.717, 1.165) is 23.0 Å². The van der Waals surface area contributed by atoms with Crippen molar-refractivity contribution in [2.24, 2.45) is 0 Å². The van der Waals surface area contributed by atoms with Gasteiger partial charge in [0.1, 0.15) is 5.82 Å².